The van der Waals surface area contributed by atoms with Gasteiger partial charge in [0.2, 0.25) is 0 Å². The van der Waals surface area contributed by atoms with Gasteiger partial charge in [0, 0.05) is 42.1 Å². The van der Waals surface area contributed by atoms with Crippen molar-refractivity contribution >= 4 is 51.4 Å². The van der Waals surface area contributed by atoms with E-state index < -0.39 is 6.10 Å². The first-order chi connectivity index (χ1) is 12.3. The number of nitrogens with one attached hydrogen (secondary N) is 2. The molecule has 1 unspecified atom stereocenters. The quantitative estimate of drug-likeness (QED) is 0.287. The summed E-state index contributed by atoms with van der Waals surface area (Å²) in [5.41, 5.74) is 1.18. The number of fused-ring (bicyclic) bond motifs is 1. The van der Waals surface area contributed by atoms with Gasteiger partial charge in [-0.3, -0.25) is 9.98 Å². The fourth-order valence-electron chi connectivity index (χ4n) is 2.55. The van der Waals surface area contributed by atoms with E-state index in [9.17, 15) is 5.11 Å². The molecule has 3 aromatic rings. The topological polar surface area (TPSA) is 69.5 Å². The van der Waals surface area contributed by atoms with E-state index in [-0.39, 0.29) is 24.0 Å². The Labute approximate surface area is 174 Å². The summed E-state index contributed by atoms with van der Waals surface area (Å²) in [6.07, 6.45) is 3.94. The zero-order chi connectivity index (χ0) is 17.5. The molecule has 26 heavy (non-hydrogen) atoms. The highest BCUT2D eigenvalue weighted by Gasteiger charge is 2.12. The molecule has 0 bridgehead atoms. The molecule has 0 aliphatic rings. The van der Waals surface area contributed by atoms with Crippen LogP contribution in [0.15, 0.2) is 59.9 Å². The van der Waals surface area contributed by atoms with E-state index in [2.05, 4.69) is 38.8 Å². The average molecular weight is 482 g/mol. The Kier molecular flexibility index (Phi) is 8.27. The minimum atomic E-state index is -0.561. The third kappa shape index (κ3) is 5.65. The van der Waals surface area contributed by atoms with Gasteiger partial charge < -0.3 is 15.7 Å². The van der Waals surface area contributed by atoms with Crippen LogP contribution in [0, 0.1) is 0 Å². The van der Waals surface area contributed by atoms with E-state index in [1.165, 1.54) is 15.6 Å². The molecule has 0 saturated heterocycles. The monoisotopic (exact) mass is 482 g/mol. The number of aliphatic hydroxyl groups is 1. The second kappa shape index (κ2) is 10.4. The molecule has 0 fully saturated rings. The normalized spacial score (nSPS) is 12.5. The van der Waals surface area contributed by atoms with Crippen molar-refractivity contribution in [1.82, 2.24) is 15.6 Å². The Morgan fingerprint density at radius 1 is 1.23 bits per heavy atom. The first kappa shape index (κ1) is 20.6. The van der Waals surface area contributed by atoms with Gasteiger partial charge in [0.15, 0.2) is 5.96 Å². The summed E-state index contributed by atoms with van der Waals surface area (Å²) in [6.45, 7) is 1.17. The average Bonchev–Trinajstić information content (AvgIpc) is 3.09. The van der Waals surface area contributed by atoms with E-state index in [1.54, 1.807) is 24.6 Å². The number of aliphatic hydroxyl groups excluding tert-OH is 1. The number of rotatable bonds is 6. The van der Waals surface area contributed by atoms with E-state index in [4.69, 9.17) is 0 Å². The molecular formula is C19H23IN4OS. The summed E-state index contributed by atoms with van der Waals surface area (Å²) in [5.74, 6) is 0.684. The van der Waals surface area contributed by atoms with Gasteiger partial charge in [-0.05, 0) is 35.6 Å². The summed E-state index contributed by atoms with van der Waals surface area (Å²) < 4.78 is 1.19. The van der Waals surface area contributed by atoms with Crippen LogP contribution in [-0.4, -0.2) is 36.2 Å². The lowest BCUT2D eigenvalue weighted by Crippen LogP contribution is -2.40. The molecule has 3 rings (SSSR count). The van der Waals surface area contributed by atoms with Crippen LogP contribution in [-0.2, 0) is 6.42 Å². The van der Waals surface area contributed by atoms with Crippen LogP contribution in [0.5, 0.6) is 0 Å². The molecule has 2 aromatic heterocycles. The first-order valence-electron chi connectivity index (χ1n) is 8.26. The number of guanidine groups is 1. The second-order valence-electron chi connectivity index (χ2n) is 5.69. The Morgan fingerprint density at radius 2 is 2.08 bits per heavy atom. The molecule has 0 aliphatic heterocycles. The maximum atomic E-state index is 10.4. The fourth-order valence-corrected chi connectivity index (χ4v) is 3.60. The van der Waals surface area contributed by atoms with Crippen LogP contribution in [0.25, 0.3) is 10.1 Å². The van der Waals surface area contributed by atoms with Crippen molar-refractivity contribution < 1.29 is 5.11 Å². The minimum Gasteiger partial charge on any atom is -0.386 e. The molecule has 138 valence electrons. The third-order valence-corrected chi connectivity index (χ3v) is 5.11. The molecule has 3 N–H and O–H groups in total. The van der Waals surface area contributed by atoms with Crippen LogP contribution < -0.4 is 10.6 Å². The largest absolute Gasteiger partial charge is 0.386 e. The van der Waals surface area contributed by atoms with E-state index in [0.717, 1.165) is 17.8 Å². The zero-order valence-corrected chi connectivity index (χ0v) is 17.7. The maximum Gasteiger partial charge on any atom is 0.191 e. The van der Waals surface area contributed by atoms with Crippen molar-refractivity contribution in [3.05, 3.63) is 65.3 Å². The fraction of sp³-hybridized carbons (Fsp3) is 0.263. The Bertz CT molecular complexity index is 805. The van der Waals surface area contributed by atoms with Crippen molar-refractivity contribution in [3.8, 4) is 0 Å². The van der Waals surface area contributed by atoms with Gasteiger partial charge in [0.1, 0.15) is 6.10 Å². The highest BCUT2D eigenvalue weighted by atomic mass is 127. The Hall–Kier alpha value is -1.71. The molecule has 2 heterocycles. The maximum absolute atomic E-state index is 10.4. The number of halogens is 1. The van der Waals surface area contributed by atoms with Crippen molar-refractivity contribution in [2.45, 2.75) is 12.5 Å². The predicted molar refractivity (Wildman–Crippen MR) is 120 cm³/mol. The molecule has 1 aromatic carbocycles. The molecule has 0 saturated carbocycles. The van der Waals surface area contributed by atoms with Gasteiger partial charge in [-0.25, -0.2) is 0 Å². The smallest absolute Gasteiger partial charge is 0.191 e. The number of pyridine rings is 1. The van der Waals surface area contributed by atoms with Crippen molar-refractivity contribution in [1.29, 1.82) is 0 Å². The van der Waals surface area contributed by atoms with Gasteiger partial charge in [-0.1, -0.05) is 24.3 Å². The zero-order valence-electron chi connectivity index (χ0n) is 14.6. The number of nitrogens with zero attached hydrogens (tertiary/aromatic N) is 2. The Morgan fingerprint density at radius 3 is 2.81 bits per heavy atom. The summed E-state index contributed by atoms with van der Waals surface area (Å²) in [7, 11) is 1.73. The van der Waals surface area contributed by atoms with Crippen LogP contribution in [0.4, 0.5) is 0 Å². The lowest BCUT2D eigenvalue weighted by atomic mass is 10.2. The van der Waals surface area contributed by atoms with Gasteiger partial charge >= 0.3 is 0 Å². The van der Waals surface area contributed by atoms with E-state index in [1.807, 2.05) is 30.5 Å². The number of hydrogen-bond donors (Lipinski definition) is 3. The molecule has 0 amide bonds. The number of aromatic nitrogens is 1. The number of benzene rings is 1. The molecular weight excluding hydrogens is 459 g/mol. The highest BCUT2D eigenvalue weighted by molar-refractivity contribution is 14.0. The SMILES string of the molecule is CN=C(NCCc1cccnc1)NCC(O)c1cc2ccccc2s1.I. The third-order valence-electron chi connectivity index (χ3n) is 3.89. The molecule has 0 aliphatic carbocycles. The Balaban J connectivity index is 0.00000243. The molecule has 0 radical (unpaired) electrons. The highest BCUT2D eigenvalue weighted by Crippen LogP contribution is 2.29. The van der Waals surface area contributed by atoms with E-state index >= 15 is 0 Å². The minimum absolute atomic E-state index is 0. The van der Waals surface area contributed by atoms with Gasteiger partial charge in [0.25, 0.3) is 0 Å². The van der Waals surface area contributed by atoms with Gasteiger partial charge in [-0.15, -0.1) is 35.3 Å². The summed E-state index contributed by atoms with van der Waals surface area (Å²) in [6, 6.07) is 14.2. The second-order valence-corrected chi connectivity index (χ2v) is 6.81. The van der Waals surface area contributed by atoms with Gasteiger partial charge in [-0.2, -0.15) is 0 Å². The molecule has 5 nitrogen and oxygen atoms in total. The first-order valence-corrected chi connectivity index (χ1v) is 9.08. The molecule has 0 spiro atoms. The number of thiophene rings is 1. The summed E-state index contributed by atoms with van der Waals surface area (Å²) >= 11 is 1.62. The van der Waals surface area contributed by atoms with Crippen LogP contribution in [0.3, 0.4) is 0 Å². The standard InChI is InChI=1S/C19H22N4OS.HI/c1-20-19(22-10-8-14-5-4-9-21-12-14)23-13-16(24)18-11-15-6-2-3-7-17(15)25-18;/h2-7,9,11-12,16,24H,8,10,13H2,1H3,(H2,20,22,23);1H. The van der Waals surface area contributed by atoms with Crippen molar-refractivity contribution in [3.63, 3.8) is 0 Å². The van der Waals surface area contributed by atoms with Crippen LogP contribution in [0.2, 0.25) is 0 Å². The van der Waals surface area contributed by atoms with E-state index in [0.29, 0.717) is 12.5 Å². The number of aliphatic imine (C=N–C) groups is 1. The van der Waals surface area contributed by atoms with Gasteiger partial charge in [0.05, 0.1) is 0 Å². The molecule has 7 heteroatoms. The summed E-state index contributed by atoms with van der Waals surface area (Å²) in [4.78, 5) is 9.26. The number of hydrogen-bond acceptors (Lipinski definition) is 4. The lowest BCUT2D eigenvalue weighted by Gasteiger charge is -2.14. The summed E-state index contributed by atoms with van der Waals surface area (Å²) in [5, 5.41) is 18.0. The molecule has 1 atom stereocenters. The van der Waals surface area contributed by atoms with Crippen LogP contribution >= 0.6 is 35.3 Å². The van der Waals surface area contributed by atoms with Crippen LogP contribution in [0.1, 0.15) is 16.5 Å². The predicted octanol–water partition coefficient (Wildman–Crippen LogP) is 3.36. The van der Waals surface area contributed by atoms with Crippen molar-refractivity contribution in [2.24, 2.45) is 4.99 Å². The van der Waals surface area contributed by atoms with Crippen molar-refractivity contribution in [2.75, 3.05) is 20.1 Å². The lowest BCUT2D eigenvalue weighted by molar-refractivity contribution is 0.184.